The first-order valence-corrected chi connectivity index (χ1v) is 11.5. The van der Waals surface area contributed by atoms with E-state index in [9.17, 15) is 23.1 Å². The lowest BCUT2D eigenvalue weighted by molar-refractivity contribution is -0.137. The average molecular weight is 521 g/mol. The van der Waals surface area contributed by atoms with Crippen molar-refractivity contribution in [2.75, 3.05) is 5.32 Å². The number of amides is 1. The molecule has 0 aliphatic heterocycles. The summed E-state index contributed by atoms with van der Waals surface area (Å²) in [5.74, 6) is -0.735. The van der Waals surface area contributed by atoms with Gasteiger partial charge < -0.3 is 10.4 Å². The van der Waals surface area contributed by atoms with Gasteiger partial charge in [0.1, 0.15) is 6.07 Å². The van der Waals surface area contributed by atoms with Crippen molar-refractivity contribution in [1.29, 1.82) is 5.26 Å². The molecule has 2 N–H and O–H groups in total. The van der Waals surface area contributed by atoms with Crippen LogP contribution in [0.15, 0.2) is 97.1 Å². The van der Waals surface area contributed by atoms with Crippen LogP contribution in [0.5, 0.6) is 0 Å². The number of hydrogen-bond donors (Lipinski definition) is 2. The van der Waals surface area contributed by atoms with Crippen molar-refractivity contribution in [2.45, 2.75) is 18.2 Å². The third-order valence-electron chi connectivity index (χ3n) is 5.96. The van der Waals surface area contributed by atoms with Gasteiger partial charge in [-0.15, -0.1) is 0 Å². The Morgan fingerprint density at radius 3 is 2.16 bits per heavy atom. The Kier molecular flexibility index (Phi) is 7.35. The molecule has 0 aromatic heterocycles. The second kappa shape index (κ2) is 10.5. The van der Waals surface area contributed by atoms with Crippen LogP contribution < -0.4 is 5.32 Å². The molecule has 1 amide bonds. The highest BCUT2D eigenvalue weighted by molar-refractivity contribution is 6.32. The molecule has 37 heavy (non-hydrogen) atoms. The van der Waals surface area contributed by atoms with Crippen molar-refractivity contribution in [3.05, 3.63) is 124 Å². The van der Waals surface area contributed by atoms with Crippen LogP contribution in [0.4, 0.5) is 18.9 Å². The summed E-state index contributed by atoms with van der Waals surface area (Å²) in [6, 6.07) is 26.3. The Morgan fingerprint density at radius 2 is 1.54 bits per heavy atom. The van der Waals surface area contributed by atoms with Gasteiger partial charge in [0.25, 0.3) is 5.91 Å². The van der Waals surface area contributed by atoms with E-state index in [0.29, 0.717) is 27.9 Å². The van der Waals surface area contributed by atoms with Crippen LogP contribution in [-0.4, -0.2) is 11.0 Å². The Bertz CT molecular complexity index is 1470. The lowest BCUT2D eigenvalue weighted by atomic mass is 9.83. The van der Waals surface area contributed by atoms with Crippen molar-refractivity contribution in [2.24, 2.45) is 0 Å². The summed E-state index contributed by atoms with van der Waals surface area (Å²) in [6.45, 7) is 0. The molecule has 4 aromatic rings. The molecule has 0 aliphatic carbocycles. The summed E-state index contributed by atoms with van der Waals surface area (Å²) in [4.78, 5) is 13.5. The lowest BCUT2D eigenvalue weighted by Gasteiger charge is -2.29. The van der Waals surface area contributed by atoms with Crippen LogP contribution in [0.3, 0.4) is 0 Å². The first-order chi connectivity index (χ1) is 17.6. The van der Waals surface area contributed by atoms with Gasteiger partial charge in [0, 0.05) is 12.1 Å². The van der Waals surface area contributed by atoms with E-state index in [1.807, 2.05) is 6.07 Å². The van der Waals surface area contributed by atoms with Gasteiger partial charge in [-0.3, -0.25) is 4.79 Å². The highest BCUT2D eigenvalue weighted by Crippen LogP contribution is 2.35. The van der Waals surface area contributed by atoms with Crippen molar-refractivity contribution < 1.29 is 23.1 Å². The number of nitriles is 1. The Morgan fingerprint density at radius 1 is 0.892 bits per heavy atom. The minimum absolute atomic E-state index is 0.149. The molecule has 4 nitrogen and oxygen atoms in total. The van der Waals surface area contributed by atoms with E-state index in [-0.39, 0.29) is 17.0 Å². The fraction of sp³-hybridized carbons (Fsp3) is 0.103. The molecule has 0 radical (unpaired) electrons. The lowest BCUT2D eigenvalue weighted by Crippen LogP contribution is -2.42. The van der Waals surface area contributed by atoms with Gasteiger partial charge in [-0.05, 0) is 52.6 Å². The molecule has 4 aromatic carbocycles. The second-order valence-corrected chi connectivity index (χ2v) is 8.80. The van der Waals surface area contributed by atoms with Crippen LogP contribution in [0.25, 0.3) is 11.1 Å². The van der Waals surface area contributed by atoms with Gasteiger partial charge in [0.2, 0.25) is 0 Å². The predicted molar refractivity (Wildman–Crippen MR) is 136 cm³/mol. The quantitative estimate of drug-likeness (QED) is 0.288. The molecule has 0 saturated heterocycles. The Hall–Kier alpha value is -4.12. The molecule has 0 saturated carbocycles. The number of aliphatic hydroxyl groups is 1. The maximum Gasteiger partial charge on any atom is 0.416 e. The van der Waals surface area contributed by atoms with Gasteiger partial charge in [-0.25, -0.2) is 0 Å². The molecule has 8 heteroatoms. The van der Waals surface area contributed by atoms with Crippen LogP contribution in [0.2, 0.25) is 5.02 Å². The summed E-state index contributed by atoms with van der Waals surface area (Å²) < 4.78 is 39.1. The van der Waals surface area contributed by atoms with E-state index < -0.39 is 23.2 Å². The zero-order valence-corrected chi connectivity index (χ0v) is 20.0. The molecular formula is C29H20ClF3N2O2. The van der Waals surface area contributed by atoms with Crippen LogP contribution in [0.1, 0.15) is 22.3 Å². The molecule has 0 spiro atoms. The monoisotopic (exact) mass is 520 g/mol. The number of halogens is 4. The van der Waals surface area contributed by atoms with Gasteiger partial charge >= 0.3 is 6.18 Å². The van der Waals surface area contributed by atoms with E-state index in [2.05, 4.69) is 5.32 Å². The zero-order valence-electron chi connectivity index (χ0n) is 19.3. The van der Waals surface area contributed by atoms with E-state index >= 15 is 0 Å². The summed E-state index contributed by atoms with van der Waals surface area (Å²) in [7, 11) is 0. The standard InChI is InChI=1S/C29H20ClF3N2O2/c30-26-16-24(15-12-21(26)18-34)35-27(36)28(37,22-7-2-1-3-8-22)17-20-6-4-5-9-25(20)19-10-13-23(14-11-19)29(31,32)33/h1-16,37H,17H2,(H,35,36). The fourth-order valence-electron chi connectivity index (χ4n) is 4.02. The van der Waals surface area contributed by atoms with E-state index in [4.69, 9.17) is 16.9 Å². The smallest absolute Gasteiger partial charge is 0.375 e. The van der Waals surface area contributed by atoms with Gasteiger partial charge in [-0.2, -0.15) is 18.4 Å². The van der Waals surface area contributed by atoms with E-state index in [1.165, 1.54) is 30.3 Å². The number of alkyl halides is 3. The number of carbonyl (C=O) groups is 1. The topological polar surface area (TPSA) is 73.1 Å². The first-order valence-electron chi connectivity index (χ1n) is 11.2. The Labute approximate surface area is 216 Å². The minimum atomic E-state index is -4.46. The largest absolute Gasteiger partial charge is 0.416 e. The summed E-state index contributed by atoms with van der Waals surface area (Å²) >= 11 is 6.10. The number of hydrogen-bond acceptors (Lipinski definition) is 3. The third kappa shape index (κ3) is 5.67. The van der Waals surface area contributed by atoms with Gasteiger partial charge in [-0.1, -0.05) is 78.3 Å². The summed E-state index contributed by atoms with van der Waals surface area (Å²) in [5.41, 5.74) is -0.295. The molecule has 0 heterocycles. The molecule has 0 aliphatic rings. The zero-order chi connectivity index (χ0) is 26.6. The van der Waals surface area contributed by atoms with E-state index in [0.717, 1.165) is 12.1 Å². The van der Waals surface area contributed by atoms with Crippen LogP contribution >= 0.6 is 11.6 Å². The number of rotatable bonds is 6. The maximum absolute atomic E-state index is 13.5. The third-order valence-corrected chi connectivity index (χ3v) is 6.27. The van der Waals surface area contributed by atoms with Crippen molar-refractivity contribution in [3.63, 3.8) is 0 Å². The second-order valence-electron chi connectivity index (χ2n) is 8.40. The SMILES string of the molecule is N#Cc1ccc(NC(=O)C(O)(Cc2ccccc2-c2ccc(C(F)(F)F)cc2)c2ccccc2)cc1Cl. The van der Waals surface area contributed by atoms with E-state index in [1.54, 1.807) is 54.6 Å². The summed E-state index contributed by atoms with van der Waals surface area (Å²) in [5, 5.41) is 23.7. The summed E-state index contributed by atoms with van der Waals surface area (Å²) in [6.07, 6.45) is -4.62. The Balaban J connectivity index is 1.72. The molecule has 0 fully saturated rings. The highest BCUT2D eigenvalue weighted by Gasteiger charge is 2.39. The van der Waals surface area contributed by atoms with Crippen molar-refractivity contribution in [3.8, 4) is 17.2 Å². The molecule has 1 atom stereocenters. The van der Waals surface area contributed by atoms with Crippen LogP contribution in [-0.2, 0) is 23.0 Å². The fourth-order valence-corrected chi connectivity index (χ4v) is 4.24. The number of nitrogens with zero attached hydrogens (tertiary/aromatic N) is 1. The van der Waals surface area contributed by atoms with Gasteiger partial charge in [0.15, 0.2) is 5.60 Å². The molecule has 0 bridgehead atoms. The number of benzene rings is 4. The number of anilines is 1. The average Bonchev–Trinajstić information content (AvgIpc) is 2.89. The normalized spacial score (nSPS) is 12.9. The molecule has 186 valence electrons. The molecule has 1 unspecified atom stereocenters. The van der Waals surface area contributed by atoms with Crippen molar-refractivity contribution >= 4 is 23.2 Å². The number of carbonyl (C=O) groups excluding carboxylic acids is 1. The van der Waals surface area contributed by atoms with Gasteiger partial charge in [0.05, 0.1) is 16.1 Å². The highest BCUT2D eigenvalue weighted by atomic mass is 35.5. The molecule has 4 rings (SSSR count). The predicted octanol–water partition coefficient (Wildman–Crippen LogP) is 6.97. The number of nitrogens with one attached hydrogen (secondary N) is 1. The first kappa shape index (κ1) is 26.0. The van der Waals surface area contributed by atoms with Crippen molar-refractivity contribution in [1.82, 2.24) is 0 Å². The molecular weight excluding hydrogens is 501 g/mol. The van der Waals surface area contributed by atoms with Crippen LogP contribution in [0, 0.1) is 11.3 Å². The minimum Gasteiger partial charge on any atom is -0.375 e. The maximum atomic E-state index is 13.5.